The van der Waals surface area contributed by atoms with E-state index in [0.29, 0.717) is 5.01 Å². The molecule has 0 aliphatic rings. The lowest BCUT2D eigenvalue weighted by Gasteiger charge is -2.21. The number of nitrogen functional groups attached to an aromatic ring is 2. The largest absolute Gasteiger partial charge is 0.449 e. The number of nitrogens with zero attached hydrogens (tertiary/aromatic N) is 2. The zero-order chi connectivity index (χ0) is 16.0. The number of anilines is 3. The number of amides is 2. The van der Waals surface area contributed by atoms with Crippen LogP contribution >= 0.6 is 0 Å². The first kappa shape index (κ1) is 16.1. The number of hydrazine groups is 1. The van der Waals surface area contributed by atoms with Crippen LogP contribution in [0.3, 0.4) is 0 Å². The van der Waals surface area contributed by atoms with E-state index in [0.717, 1.165) is 0 Å². The summed E-state index contributed by atoms with van der Waals surface area (Å²) in [7, 11) is 0. The van der Waals surface area contributed by atoms with Crippen LogP contribution in [0.5, 0.6) is 0 Å². The van der Waals surface area contributed by atoms with Gasteiger partial charge < -0.3 is 20.9 Å². The van der Waals surface area contributed by atoms with Gasteiger partial charge in [0.15, 0.2) is 11.5 Å². The van der Waals surface area contributed by atoms with Crippen LogP contribution < -0.4 is 27.5 Å². The number of ether oxygens (including phenoxy) is 2. The van der Waals surface area contributed by atoms with Gasteiger partial charge in [-0.3, -0.25) is 9.78 Å². The highest BCUT2D eigenvalue weighted by atomic mass is 16.6. The molecular weight excluding hydrogens is 284 g/mol. The van der Waals surface area contributed by atoms with E-state index in [4.69, 9.17) is 16.2 Å². The van der Waals surface area contributed by atoms with Crippen molar-refractivity contribution >= 4 is 29.6 Å². The van der Waals surface area contributed by atoms with Crippen molar-refractivity contribution in [3.05, 3.63) is 10.4 Å². The Kier molecular flexibility index (Phi) is 5.34. The predicted molar refractivity (Wildman–Crippen MR) is 73.3 cm³/mol. The molecule has 0 saturated heterocycles. The normalized spacial score (nSPS) is 9.81. The molecule has 21 heavy (non-hydrogen) atoms. The molecule has 0 bridgehead atoms. The SMILES string of the molecule is CCOC(=O)NN(C(=O)OCC)c1c(N)nc(N)[nH]c1=O. The number of hydrogen-bond acceptors (Lipinski definition) is 8. The summed E-state index contributed by atoms with van der Waals surface area (Å²) in [4.78, 5) is 40.9. The zero-order valence-electron chi connectivity index (χ0n) is 11.5. The minimum absolute atomic E-state index is 0.0139. The first-order chi connectivity index (χ1) is 9.90. The molecule has 116 valence electrons. The van der Waals surface area contributed by atoms with Gasteiger partial charge >= 0.3 is 12.2 Å². The lowest BCUT2D eigenvalue weighted by Crippen LogP contribution is -2.49. The Balaban J connectivity index is 3.21. The van der Waals surface area contributed by atoms with Crippen LogP contribution in [0.25, 0.3) is 0 Å². The second-order valence-electron chi connectivity index (χ2n) is 3.55. The van der Waals surface area contributed by atoms with Gasteiger partial charge in [0.2, 0.25) is 5.95 Å². The highest BCUT2D eigenvalue weighted by Crippen LogP contribution is 2.15. The maximum atomic E-state index is 11.9. The Hall–Kier alpha value is -2.98. The number of aromatic amines is 1. The molecule has 0 saturated carbocycles. The van der Waals surface area contributed by atoms with E-state index in [1.54, 1.807) is 13.8 Å². The second kappa shape index (κ2) is 6.98. The van der Waals surface area contributed by atoms with Crippen LogP contribution in [-0.2, 0) is 9.47 Å². The monoisotopic (exact) mass is 300 g/mol. The topological polar surface area (TPSA) is 166 Å². The zero-order valence-corrected chi connectivity index (χ0v) is 11.5. The Labute approximate surface area is 119 Å². The van der Waals surface area contributed by atoms with E-state index in [2.05, 4.69) is 14.7 Å². The molecule has 0 radical (unpaired) electrons. The molecule has 0 atom stereocenters. The fourth-order valence-electron chi connectivity index (χ4n) is 1.35. The van der Waals surface area contributed by atoms with Crippen molar-refractivity contribution in [3.63, 3.8) is 0 Å². The molecule has 1 rings (SSSR count). The summed E-state index contributed by atoms with van der Waals surface area (Å²) in [6, 6.07) is 0. The van der Waals surface area contributed by atoms with Crippen molar-refractivity contribution in [2.24, 2.45) is 0 Å². The Morgan fingerprint density at radius 3 is 2.43 bits per heavy atom. The van der Waals surface area contributed by atoms with Gasteiger partial charge in [-0.2, -0.15) is 9.99 Å². The average molecular weight is 300 g/mol. The van der Waals surface area contributed by atoms with Crippen LogP contribution in [0.4, 0.5) is 27.0 Å². The molecule has 0 fully saturated rings. The van der Waals surface area contributed by atoms with Gasteiger partial charge in [0.25, 0.3) is 5.56 Å². The van der Waals surface area contributed by atoms with Crippen molar-refractivity contribution < 1.29 is 19.1 Å². The standard InChI is InChI=1S/C10H16N6O5/c1-3-20-9(18)15-16(10(19)21-4-2)5-6(11)13-8(12)14-7(5)17/h3-4H2,1-2H3,(H,15,18)(H5,11,12,13,14,17). The molecule has 6 N–H and O–H groups in total. The fraction of sp³-hybridized carbons (Fsp3) is 0.400. The smallest absolute Gasteiger partial charge is 0.433 e. The first-order valence-electron chi connectivity index (χ1n) is 5.96. The van der Waals surface area contributed by atoms with Crippen molar-refractivity contribution in [3.8, 4) is 0 Å². The van der Waals surface area contributed by atoms with E-state index in [1.165, 1.54) is 0 Å². The van der Waals surface area contributed by atoms with Gasteiger partial charge in [0.1, 0.15) is 0 Å². The third kappa shape index (κ3) is 3.99. The summed E-state index contributed by atoms with van der Waals surface area (Å²) in [6.07, 6.45) is -2.00. The molecule has 1 aromatic rings. The fourth-order valence-corrected chi connectivity index (χ4v) is 1.35. The number of nitrogens with two attached hydrogens (primary N) is 2. The molecule has 0 unspecified atom stereocenters. The average Bonchev–Trinajstić information content (AvgIpc) is 2.36. The number of carbonyl (C=O) groups excluding carboxylic acids is 2. The molecule has 1 heterocycles. The van der Waals surface area contributed by atoms with E-state index in [9.17, 15) is 14.4 Å². The van der Waals surface area contributed by atoms with Gasteiger partial charge in [0, 0.05) is 0 Å². The van der Waals surface area contributed by atoms with Crippen LogP contribution in [-0.4, -0.2) is 35.4 Å². The number of H-pyrrole nitrogens is 1. The minimum atomic E-state index is -1.03. The molecule has 11 heteroatoms. The lowest BCUT2D eigenvalue weighted by atomic mass is 10.4. The van der Waals surface area contributed by atoms with E-state index >= 15 is 0 Å². The maximum absolute atomic E-state index is 11.9. The summed E-state index contributed by atoms with van der Waals surface area (Å²) >= 11 is 0. The van der Waals surface area contributed by atoms with Crippen molar-refractivity contribution in [1.82, 2.24) is 15.4 Å². The molecular formula is C10H16N6O5. The maximum Gasteiger partial charge on any atom is 0.433 e. The van der Waals surface area contributed by atoms with Crippen molar-refractivity contribution in [2.45, 2.75) is 13.8 Å². The summed E-state index contributed by atoms with van der Waals surface area (Å²) in [6.45, 7) is 3.20. The van der Waals surface area contributed by atoms with E-state index in [1.807, 2.05) is 5.43 Å². The minimum Gasteiger partial charge on any atom is -0.449 e. The summed E-state index contributed by atoms with van der Waals surface area (Å²) in [5.74, 6) is -0.595. The lowest BCUT2D eigenvalue weighted by molar-refractivity contribution is 0.138. The van der Waals surface area contributed by atoms with Gasteiger partial charge in [-0.05, 0) is 13.8 Å². The number of nitrogens with one attached hydrogen (secondary N) is 2. The Morgan fingerprint density at radius 1 is 1.29 bits per heavy atom. The highest BCUT2D eigenvalue weighted by Gasteiger charge is 2.26. The Bertz CT molecular complexity index is 586. The number of carbonyl (C=O) groups is 2. The third-order valence-corrected chi connectivity index (χ3v) is 2.09. The molecule has 1 aromatic heterocycles. The number of hydrogen-bond donors (Lipinski definition) is 4. The third-order valence-electron chi connectivity index (χ3n) is 2.09. The van der Waals surface area contributed by atoms with Crippen molar-refractivity contribution in [1.29, 1.82) is 0 Å². The van der Waals surface area contributed by atoms with Crippen LogP contribution in [0.2, 0.25) is 0 Å². The molecule has 0 spiro atoms. The summed E-state index contributed by atoms with van der Waals surface area (Å²) in [5.41, 5.74) is 11.6. The highest BCUT2D eigenvalue weighted by molar-refractivity contribution is 5.93. The summed E-state index contributed by atoms with van der Waals surface area (Å²) in [5, 5.41) is 0.502. The quantitative estimate of drug-likeness (QED) is 0.545. The summed E-state index contributed by atoms with van der Waals surface area (Å²) < 4.78 is 9.36. The van der Waals surface area contributed by atoms with Crippen LogP contribution in [0, 0.1) is 0 Å². The molecule has 0 aliphatic carbocycles. The van der Waals surface area contributed by atoms with Gasteiger partial charge in [0.05, 0.1) is 13.2 Å². The predicted octanol–water partition coefficient (Wildman–Crippen LogP) is -0.442. The van der Waals surface area contributed by atoms with Crippen LogP contribution in [0.15, 0.2) is 4.79 Å². The van der Waals surface area contributed by atoms with Crippen LogP contribution in [0.1, 0.15) is 13.8 Å². The van der Waals surface area contributed by atoms with Gasteiger partial charge in [-0.1, -0.05) is 0 Å². The van der Waals surface area contributed by atoms with E-state index < -0.39 is 23.4 Å². The molecule has 0 aromatic carbocycles. The van der Waals surface area contributed by atoms with Gasteiger partial charge in [-0.25, -0.2) is 15.0 Å². The second-order valence-corrected chi connectivity index (χ2v) is 3.55. The number of rotatable bonds is 3. The molecule has 2 amide bonds. The van der Waals surface area contributed by atoms with E-state index in [-0.39, 0.29) is 25.0 Å². The van der Waals surface area contributed by atoms with Crippen molar-refractivity contribution in [2.75, 3.05) is 29.7 Å². The van der Waals surface area contributed by atoms with Gasteiger partial charge in [-0.15, -0.1) is 0 Å². The first-order valence-corrected chi connectivity index (χ1v) is 5.96. The molecule has 11 nitrogen and oxygen atoms in total. The molecule has 0 aliphatic heterocycles. The number of aromatic nitrogens is 2. The Morgan fingerprint density at radius 2 is 1.90 bits per heavy atom.